The van der Waals surface area contributed by atoms with Crippen molar-refractivity contribution < 1.29 is 18.0 Å². The fourth-order valence-corrected chi connectivity index (χ4v) is 2.17. The highest BCUT2D eigenvalue weighted by Gasteiger charge is 2.33. The van der Waals surface area contributed by atoms with E-state index in [9.17, 15) is 18.0 Å². The molecule has 20 heavy (non-hydrogen) atoms. The molecule has 0 aromatic heterocycles. The number of benzene rings is 1. The standard InChI is InChI=1S/C14H17F3N2O/c1-9(11-6-18-7-11)13(20)19-8-10-4-2-3-5-12(10)14(15,16)17/h2-5,9,11,18H,6-8H2,1H3,(H,19,20). The van der Waals surface area contributed by atoms with E-state index in [4.69, 9.17) is 0 Å². The van der Waals surface area contributed by atoms with Gasteiger partial charge < -0.3 is 10.6 Å². The van der Waals surface area contributed by atoms with E-state index < -0.39 is 11.7 Å². The van der Waals surface area contributed by atoms with E-state index in [1.165, 1.54) is 18.2 Å². The normalized spacial score (nSPS) is 17.4. The Balaban J connectivity index is 1.98. The molecule has 0 saturated carbocycles. The van der Waals surface area contributed by atoms with Gasteiger partial charge in [0.15, 0.2) is 0 Å². The van der Waals surface area contributed by atoms with E-state index in [0.717, 1.165) is 19.2 Å². The van der Waals surface area contributed by atoms with E-state index >= 15 is 0 Å². The molecule has 3 nitrogen and oxygen atoms in total. The van der Waals surface area contributed by atoms with Gasteiger partial charge in [0.25, 0.3) is 0 Å². The lowest BCUT2D eigenvalue weighted by atomic mass is 9.88. The van der Waals surface area contributed by atoms with Gasteiger partial charge in [-0.2, -0.15) is 13.2 Å². The number of rotatable bonds is 4. The highest BCUT2D eigenvalue weighted by Crippen LogP contribution is 2.31. The summed E-state index contributed by atoms with van der Waals surface area (Å²) >= 11 is 0. The maximum atomic E-state index is 12.8. The van der Waals surface area contributed by atoms with Crippen LogP contribution in [0.1, 0.15) is 18.1 Å². The summed E-state index contributed by atoms with van der Waals surface area (Å²) in [6.45, 7) is 3.27. The topological polar surface area (TPSA) is 41.1 Å². The van der Waals surface area contributed by atoms with Gasteiger partial charge in [-0.15, -0.1) is 0 Å². The highest BCUT2D eigenvalue weighted by atomic mass is 19.4. The molecule has 1 fully saturated rings. The molecule has 1 aromatic rings. The average Bonchev–Trinajstić information content (AvgIpc) is 2.33. The minimum atomic E-state index is -4.40. The number of hydrogen-bond donors (Lipinski definition) is 2. The molecule has 1 amide bonds. The number of carbonyl (C=O) groups excluding carboxylic acids is 1. The van der Waals surface area contributed by atoms with E-state index in [1.54, 1.807) is 6.92 Å². The summed E-state index contributed by atoms with van der Waals surface area (Å²) in [4.78, 5) is 11.9. The van der Waals surface area contributed by atoms with Gasteiger partial charge in [0.05, 0.1) is 5.56 Å². The Kier molecular flexibility index (Phi) is 4.32. The molecule has 0 bridgehead atoms. The van der Waals surface area contributed by atoms with Crippen LogP contribution >= 0.6 is 0 Å². The van der Waals surface area contributed by atoms with Gasteiger partial charge in [-0.25, -0.2) is 0 Å². The van der Waals surface area contributed by atoms with Crippen LogP contribution in [0, 0.1) is 11.8 Å². The first-order chi connectivity index (χ1) is 9.39. The first kappa shape index (κ1) is 14.8. The quantitative estimate of drug-likeness (QED) is 0.890. The Morgan fingerprint density at radius 2 is 2.05 bits per heavy atom. The largest absolute Gasteiger partial charge is 0.416 e. The summed E-state index contributed by atoms with van der Waals surface area (Å²) in [6, 6.07) is 5.30. The summed E-state index contributed by atoms with van der Waals surface area (Å²) in [5.41, 5.74) is -0.606. The third kappa shape index (κ3) is 3.30. The van der Waals surface area contributed by atoms with Crippen molar-refractivity contribution >= 4 is 5.91 Å². The molecule has 2 N–H and O–H groups in total. The highest BCUT2D eigenvalue weighted by molar-refractivity contribution is 5.78. The number of amides is 1. The number of carbonyl (C=O) groups is 1. The van der Waals surface area contributed by atoms with E-state index in [1.807, 2.05) is 0 Å². The van der Waals surface area contributed by atoms with Crippen molar-refractivity contribution in [3.63, 3.8) is 0 Å². The molecule has 1 heterocycles. The lowest BCUT2D eigenvalue weighted by molar-refractivity contribution is -0.138. The smallest absolute Gasteiger partial charge is 0.352 e. The maximum Gasteiger partial charge on any atom is 0.416 e. The fraction of sp³-hybridized carbons (Fsp3) is 0.500. The molecule has 0 spiro atoms. The average molecular weight is 286 g/mol. The van der Waals surface area contributed by atoms with Crippen LogP contribution in [0.15, 0.2) is 24.3 Å². The summed E-state index contributed by atoms with van der Waals surface area (Å²) in [5, 5.41) is 5.66. The van der Waals surface area contributed by atoms with Gasteiger partial charge >= 0.3 is 6.18 Å². The Morgan fingerprint density at radius 1 is 1.40 bits per heavy atom. The molecule has 1 aliphatic heterocycles. The maximum absolute atomic E-state index is 12.8. The third-order valence-corrected chi connectivity index (χ3v) is 3.71. The third-order valence-electron chi connectivity index (χ3n) is 3.71. The molecule has 1 saturated heterocycles. The summed E-state index contributed by atoms with van der Waals surface area (Å²) in [6.07, 6.45) is -4.40. The van der Waals surface area contributed by atoms with Crippen LogP contribution < -0.4 is 10.6 Å². The zero-order chi connectivity index (χ0) is 14.8. The molecule has 1 atom stereocenters. The lowest BCUT2D eigenvalue weighted by Crippen LogP contribution is -2.49. The zero-order valence-corrected chi connectivity index (χ0v) is 11.1. The molecule has 2 rings (SSSR count). The molecular formula is C14H17F3N2O. The van der Waals surface area contributed by atoms with E-state index in [2.05, 4.69) is 10.6 Å². The Morgan fingerprint density at radius 3 is 2.60 bits per heavy atom. The molecule has 1 aliphatic rings. The number of halogens is 3. The zero-order valence-electron chi connectivity index (χ0n) is 11.1. The van der Waals surface area contributed by atoms with Crippen molar-refractivity contribution in [3.05, 3.63) is 35.4 Å². The lowest BCUT2D eigenvalue weighted by Gasteiger charge is -2.31. The van der Waals surface area contributed by atoms with E-state index in [0.29, 0.717) is 0 Å². The van der Waals surface area contributed by atoms with Crippen molar-refractivity contribution in [1.82, 2.24) is 10.6 Å². The predicted molar refractivity (Wildman–Crippen MR) is 68.8 cm³/mol. The van der Waals surface area contributed by atoms with Crippen LogP contribution in [-0.4, -0.2) is 19.0 Å². The van der Waals surface area contributed by atoms with Crippen LogP contribution in [0.5, 0.6) is 0 Å². The molecule has 110 valence electrons. The van der Waals surface area contributed by atoms with Crippen LogP contribution in [0.4, 0.5) is 13.2 Å². The molecule has 1 unspecified atom stereocenters. The van der Waals surface area contributed by atoms with Crippen molar-refractivity contribution in [2.45, 2.75) is 19.6 Å². The van der Waals surface area contributed by atoms with Crippen LogP contribution in [0.2, 0.25) is 0 Å². The van der Waals surface area contributed by atoms with Gasteiger partial charge in [0.1, 0.15) is 0 Å². The first-order valence-electron chi connectivity index (χ1n) is 6.53. The summed E-state index contributed by atoms with van der Waals surface area (Å²) in [7, 11) is 0. The van der Waals surface area contributed by atoms with Crippen molar-refractivity contribution in [2.24, 2.45) is 11.8 Å². The molecule has 0 radical (unpaired) electrons. The van der Waals surface area contributed by atoms with Crippen molar-refractivity contribution in [1.29, 1.82) is 0 Å². The minimum Gasteiger partial charge on any atom is -0.352 e. The number of nitrogens with one attached hydrogen (secondary N) is 2. The Bertz CT molecular complexity index is 484. The van der Waals surface area contributed by atoms with E-state index in [-0.39, 0.29) is 29.9 Å². The van der Waals surface area contributed by atoms with Crippen molar-refractivity contribution in [2.75, 3.05) is 13.1 Å². The second-order valence-electron chi connectivity index (χ2n) is 5.08. The number of hydrogen-bond acceptors (Lipinski definition) is 2. The van der Waals surface area contributed by atoms with Gasteiger partial charge in [-0.05, 0) is 30.6 Å². The summed E-state index contributed by atoms with van der Waals surface area (Å²) in [5.74, 6) is -0.115. The minimum absolute atomic E-state index is 0.0901. The number of alkyl halides is 3. The molecule has 1 aromatic carbocycles. The van der Waals surface area contributed by atoms with Gasteiger partial charge in [-0.3, -0.25) is 4.79 Å². The van der Waals surface area contributed by atoms with Crippen LogP contribution in [0.25, 0.3) is 0 Å². The van der Waals surface area contributed by atoms with Crippen LogP contribution in [0.3, 0.4) is 0 Å². The van der Waals surface area contributed by atoms with Gasteiger partial charge in [-0.1, -0.05) is 25.1 Å². The molecule has 6 heteroatoms. The Hall–Kier alpha value is -1.56. The van der Waals surface area contributed by atoms with Crippen LogP contribution in [-0.2, 0) is 17.5 Å². The molecular weight excluding hydrogens is 269 g/mol. The fourth-order valence-electron chi connectivity index (χ4n) is 2.17. The first-order valence-corrected chi connectivity index (χ1v) is 6.53. The van der Waals surface area contributed by atoms with Gasteiger partial charge in [0.2, 0.25) is 5.91 Å². The van der Waals surface area contributed by atoms with Gasteiger partial charge in [0, 0.05) is 12.5 Å². The second-order valence-corrected chi connectivity index (χ2v) is 5.08. The Labute approximate surface area is 115 Å². The summed E-state index contributed by atoms with van der Waals surface area (Å²) < 4.78 is 38.4. The molecule has 0 aliphatic carbocycles. The second kappa shape index (κ2) is 5.83. The van der Waals surface area contributed by atoms with Crippen molar-refractivity contribution in [3.8, 4) is 0 Å². The SMILES string of the molecule is CC(C(=O)NCc1ccccc1C(F)(F)F)C1CNC1. The monoisotopic (exact) mass is 286 g/mol. The predicted octanol–water partition coefficient (Wildman–Crippen LogP) is 2.18.